The number of rotatable bonds is 3. The molecule has 0 N–H and O–H groups in total. The fourth-order valence-corrected chi connectivity index (χ4v) is 1.90. The van der Waals surface area contributed by atoms with Gasteiger partial charge < -0.3 is 4.74 Å². The zero-order valence-corrected chi connectivity index (χ0v) is 10.8. The van der Waals surface area contributed by atoms with Crippen molar-refractivity contribution >= 4 is 11.6 Å². The van der Waals surface area contributed by atoms with Crippen LogP contribution in [0.5, 0.6) is 11.5 Å². The van der Waals surface area contributed by atoms with Gasteiger partial charge in [0.05, 0.1) is 0 Å². The van der Waals surface area contributed by atoms with Gasteiger partial charge in [0.15, 0.2) is 0 Å². The Morgan fingerprint density at radius 3 is 2.06 bits per heavy atom. The first-order valence-electron chi connectivity index (χ1n) is 5.59. The Morgan fingerprint density at radius 1 is 0.941 bits per heavy atom. The Bertz CT molecular complexity index is 483. The minimum absolute atomic E-state index is 0.531. The number of hydrogen-bond acceptors (Lipinski definition) is 1. The van der Waals surface area contributed by atoms with Crippen molar-refractivity contribution in [2.75, 3.05) is 0 Å². The van der Waals surface area contributed by atoms with Crippen LogP contribution in [0.2, 0.25) is 0 Å². The quantitative estimate of drug-likeness (QED) is 0.705. The molecule has 17 heavy (non-hydrogen) atoms. The highest BCUT2D eigenvalue weighted by Crippen LogP contribution is 2.28. The van der Waals surface area contributed by atoms with E-state index in [1.54, 1.807) is 0 Å². The van der Waals surface area contributed by atoms with E-state index in [1.165, 1.54) is 0 Å². The predicted octanol–water partition coefficient (Wildman–Crippen LogP) is 4.83. The van der Waals surface area contributed by atoms with Crippen LogP contribution in [0.15, 0.2) is 42.5 Å². The third kappa shape index (κ3) is 2.80. The Hall–Kier alpha value is -1.47. The average molecular weight is 247 g/mol. The van der Waals surface area contributed by atoms with Crippen molar-refractivity contribution in [3.05, 3.63) is 59.2 Å². The van der Waals surface area contributed by atoms with Crippen molar-refractivity contribution in [2.24, 2.45) is 0 Å². The van der Waals surface area contributed by atoms with Gasteiger partial charge in [-0.1, -0.05) is 30.3 Å². The molecule has 0 amide bonds. The molecule has 2 heteroatoms. The number of alkyl halides is 1. The lowest BCUT2D eigenvalue weighted by atomic mass is 10.1. The van der Waals surface area contributed by atoms with Gasteiger partial charge in [-0.15, -0.1) is 11.6 Å². The van der Waals surface area contributed by atoms with E-state index in [0.717, 1.165) is 28.2 Å². The van der Waals surface area contributed by atoms with Crippen LogP contribution in [-0.4, -0.2) is 0 Å². The van der Waals surface area contributed by atoms with Gasteiger partial charge >= 0.3 is 0 Å². The first-order valence-corrected chi connectivity index (χ1v) is 6.13. The minimum Gasteiger partial charge on any atom is -0.457 e. The molecule has 2 aromatic rings. The molecule has 0 atom stereocenters. The number of halogens is 1. The SMILES string of the molecule is Cc1cccc(C)c1Oc1ccc(CCl)cc1. The van der Waals surface area contributed by atoms with Gasteiger partial charge in [-0.3, -0.25) is 0 Å². The Labute approximate surface area is 107 Å². The zero-order chi connectivity index (χ0) is 12.3. The van der Waals surface area contributed by atoms with E-state index in [2.05, 4.69) is 26.0 Å². The molecule has 0 fully saturated rings. The molecule has 2 aromatic carbocycles. The first-order chi connectivity index (χ1) is 8.20. The van der Waals surface area contributed by atoms with Crippen LogP contribution < -0.4 is 4.74 Å². The lowest BCUT2D eigenvalue weighted by molar-refractivity contribution is 0.475. The van der Waals surface area contributed by atoms with Crippen molar-refractivity contribution < 1.29 is 4.74 Å². The third-order valence-corrected chi connectivity index (χ3v) is 3.01. The molecule has 0 heterocycles. The number of hydrogen-bond donors (Lipinski definition) is 0. The molecule has 0 saturated carbocycles. The van der Waals surface area contributed by atoms with Crippen LogP contribution in [0.4, 0.5) is 0 Å². The maximum atomic E-state index is 5.90. The second kappa shape index (κ2) is 5.24. The zero-order valence-electron chi connectivity index (χ0n) is 10.0. The average Bonchev–Trinajstić information content (AvgIpc) is 2.35. The first kappa shape index (κ1) is 12.0. The fraction of sp³-hybridized carbons (Fsp3) is 0.200. The van der Waals surface area contributed by atoms with Gasteiger partial charge in [0.25, 0.3) is 0 Å². The van der Waals surface area contributed by atoms with Crippen molar-refractivity contribution in [1.29, 1.82) is 0 Å². The third-order valence-electron chi connectivity index (χ3n) is 2.71. The van der Waals surface area contributed by atoms with E-state index in [9.17, 15) is 0 Å². The van der Waals surface area contributed by atoms with Crippen LogP contribution in [0, 0.1) is 13.8 Å². The molecule has 0 spiro atoms. The van der Waals surface area contributed by atoms with Gasteiger partial charge in [0.2, 0.25) is 0 Å². The van der Waals surface area contributed by atoms with Crippen molar-refractivity contribution in [3.63, 3.8) is 0 Å². The van der Waals surface area contributed by atoms with E-state index in [0.29, 0.717) is 5.88 Å². The van der Waals surface area contributed by atoms with E-state index in [4.69, 9.17) is 16.3 Å². The van der Waals surface area contributed by atoms with Gasteiger partial charge in [-0.25, -0.2) is 0 Å². The smallest absolute Gasteiger partial charge is 0.133 e. The summed E-state index contributed by atoms with van der Waals surface area (Å²) in [5.41, 5.74) is 3.39. The Kier molecular flexibility index (Phi) is 3.70. The number of aryl methyl sites for hydroxylation is 2. The molecule has 0 unspecified atom stereocenters. The Balaban J connectivity index is 2.25. The molecule has 2 rings (SSSR count). The van der Waals surface area contributed by atoms with E-state index in [1.807, 2.05) is 30.3 Å². The van der Waals surface area contributed by atoms with Gasteiger partial charge in [-0.05, 0) is 42.7 Å². The van der Waals surface area contributed by atoms with Gasteiger partial charge in [-0.2, -0.15) is 0 Å². The highest BCUT2D eigenvalue weighted by Gasteiger charge is 2.04. The summed E-state index contributed by atoms with van der Waals surface area (Å²) in [5, 5.41) is 0. The highest BCUT2D eigenvalue weighted by molar-refractivity contribution is 6.17. The molecule has 0 aliphatic carbocycles. The monoisotopic (exact) mass is 246 g/mol. The van der Waals surface area contributed by atoms with E-state index < -0.39 is 0 Å². The van der Waals surface area contributed by atoms with Crippen LogP contribution in [0.1, 0.15) is 16.7 Å². The van der Waals surface area contributed by atoms with Crippen molar-refractivity contribution in [3.8, 4) is 11.5 Å². The molecule has 0 aliphatic rings. The predicted molar refractivity (Wildman–Crippen MR) is 72.0 cm³/mol. The summed E-state index contributed by atoms with van der Waals surface area (Å²) in [6, 6.07) is 14.0. The maximum absolute atomic E-state index is 5.90. The normalized spacial score (nSPS) is 10.3. The van der Waals surface area contributed by atoms with Crippen LogP contribution in [0.25, 0.3) is 0 Å². The molecule has 0 aromatic heterocycles. The molecule has 0 radical (unpaired) electrons. The number of para-hydroxylation sites is 1. The molecule has 0 saturated heterocycles. The topological polar surface area (TPSA) is 9.23 Å². The summed E-state index contributed by atoms with van der Waals surface area (Å²) in [5.74, 6) is 2.31. The summed E-state index contributed by atoms with van der Waals surface area (Å²) >= 11 is 5.75. The molecule has 0 bridgehead atoms. The second-order valence-electron chi connectivity index (χ2n) is 4.10. The summed E-state index contributed by atoms with van der Waals surface area (Å²) in [7, 11) is 0. The van der Waals surface area contributed by atoms with Crippen LogP contribution in [-0.2, 0) is 5.88 Å². The fourth-order valence-electron chi connectivity index (χ4n) is 1.72. The van der Waals surface area contributed by atoms with E-state index in [-0.39, 0.29) is 0 Å². The lowest BCUT2D eigenvalue weighted by Gasteiger charge is -2.11. The standard InChI is InChI=1S/C15H15ClO/c1-11-4-3-5-12(2)15(11)17-14-8-6-13(10-16)7-9-14/h3-9H,10H2,1-2H3. The molecular weight excluding hydrogens is 232 g/mol. The van der Waals surface area contributed by atoms with Crippen LogP contribution in [0.3, 0.4) is 0 Å². The summed E-state index contributed by atoms with van der Waals surface area (Å²) < 4.78 is 5.90. The minimum atomic E-state index is 0.531. The molecular formula is C15H15ClO. The Morgan fingerprint density at radius 2 is 1.53 bits per heavy atom. The summed E-state index contributed by atoms with van der Waals surface area (Å²) in [4.78, 5) is 0. The van der Waals surface area contributed by atoms with Crippen molar-refractivity contribution in [2.45, 2.75) is 19.7 Å². The molecule has 88 valence electrons. The largest absolute Gasteiger partial charge is 0.457 e. The lowest BCUT2D eigenvalue weighted by Crippen LogP contribution is -1.90. The van der Waals surface area contributed by atoms with Gasteiger partial charge in [0.1, 0.15) is 11.5 Å². The summed E-state index contributed by atoms with van der Waals surface area (Å²) in [6.45, 7) is 4.10. The number of benzene rings is 2. The molecule has 0 aliphatic heterocycles. The van der Waals surface area contributed by atoms with Crippen LogP contribution >= 0.6 is 11.6 Å². The van der Waals surface area contributed by atoms with Gasteiger partial charge in [0, 0.05) is 5.88 Å². The van der Waals surface area contributed by atoms with E-state index >= 15 is 0 Å². The molecule has 1 nitrogen and oxygen atoms in total. The summed E-state index contributed by atoms with van der Waals surface area (Å²) in [6.07, 6.45) is 0. The maximum Gasteiger partial charge on any atom is 0.133 e. The highest BCUT2D eigenvalue weighted by atomic mass is 35.5. The van der Waals surface area contributed by atoms with Crippen molar-refractivity contribution in [1.82, 2.24) is 0 Å². The second-order valence-corrected chi connectivity index (χ2v) is 4.37. The number of ether oxygens (including phenoxy) is 1.